The number of benzene rings is 1. The number of Topliss-reactive ketones (excluding diaryl/α,β-unsaturated/α-hetero) is 2. The van der Waals surface area contributed by atoms with Crippen LogP contribution in [0.2, 0.25) is 0 Å². The fourth-order valence-corrected chi connectivity index (χ4v) is 2.82. The second kappa shape index (κ2) is 7.42. The lowest BCUT2D eigenvalue weighted by molar-refractivity contribution is -0.145. The van der Waals surface area contributed by atoms with E-state index in [1.807, 2.05) is 0 Å². The number of aryl methyl sites for hydroxylation is 1. The number of carbonyl (C=O) groups excluding carboxylic acids is 3. The van der Waals surface area contributed by atoms with Gasteiger partial charge in [-0.1, -0.05) is 18.2 Å². The van der Waals surface area contributed by atoms with Gasteiger partial charge in [-0.2, -0.15) is 0 Å². The first kappa shape index (κ1) is 18.6. The molecule has 25 heavy (non-hydrogen) atoms. The van der Waals surface area contributed by atoms with Crippen LogP contribution in [-0.2, 0) is 16.0 Å². The zero-order valence-electron chi connectivity index (χ0n) is 14.6. The lowest BCUT2D eigenvalue weighted by atomic mass is 10.0. The van der Waals surface area contributed by atoms with Crippen molar-refractivity contribution in [3.05, 3.63) is 58.2 Å². The van der Waals surface area contributed by atoms with Crippen molar-refractivity contribution in [2.45, 2.75) is 40.2 Å². The molecule has 132 valence electrons. The van der Waals surface area contributed by atoms with Crippen LogP contribution in [0.4, 0.5) is 4.39 Å². The van der Waals surface area contributed by atoms with E-state index in [4.69, 9.17) is 4.74 Å². The molecule has 2 rings (SSSR count). The number of hydrogen-bond acceptors (Lipinski definition) is 4. The topological polar surface area (TPSA) is 76.2 Å². The maximum absolute atomic E-state index is 13.6. The van der Waals surface area contributed by atoms with Crippen molar-refractivity contribution in [3.8, 4) is 0 Å². The van der Waals surface area contributed by atoms with Crippen LogP contribution in [0, 0.1) is 19.7 Å². The van der Waals surface area contributed by atoms with Crippen molar-refractivity contribution in [1.82, 2.24) is 4.98 Å². The van der Waals surface area contributed by atoms with Crippen LogP contribution in [-0.4, -0.2) is 28.6 Å². The first-order valence-corrected chi connectivity index (χ1v) is 7.89. The monoisotopic (exact) mass is 345 g/mol. The summed E-state index contributed by atoms with van der Waals surface area (Å²) in [7, 11) is 0. The number of aromatic nitrogens is 1. The molecule has 0 bridgehead atoms. The molecule has 0 radical (unpaired) electrons. The molecule has 0 unspecified atom stereocenters. The van der Waals surface area contributed by atoms with E-state index in [1.165, 1.54) is 32.0 Å². The molecule has 1 N–H and O–H groups in total. The number of hydrogen-bond donors (Lipinski definition) is 1. The van der Waals surface area contributed by atoms with Gasteiger partial charge in [0, 0.05) is 11.3 Å². The summed E-state index contributed by atoms with van der Waals surface area (Å²) in [5.74, 6) is -1.77. The van der Waals surface area contributed by atoms with Crippen molar-refractivity contribution in [1.29, 1.82) is 0 Å². The number of rotatable bonds is 6. The van der Waals surface area contributed by atoms with E-state index in [9.17, 15) is 18.8 Å². The minimum absolute atomic E-state index is 0.144. The summed E-state index contributed by atoms with van der Waals surface area (Å²) in [6, 6.07) is 5.89. The van der Waals surface area contributed by atoms with Crippen LogP contribution in [0.25, 0.3) is 0 Å². The summed E-state index contributed by atoms with van der Waals surface area (Å²) in [4.78, 5) is 39.0. The molecule has 0 saturated carbocycles. The average Bonchev–Trinajstić information content (AvgIpc) is 2.83. The number of esters is 1. The highest BCUT2D eigenvalue weighted by Gasteiger charge is 2.26. The summed E-state index contributed by atoms with van der Waals surface area (Å²) in [6.45, 7) is 6.25. The van der Waals surface area contributed by atoms with E-state index in [1.54, 1.807) is 19.9 Å². The third kappa shape index (κ3) is 4.02. The van der Waals surface area contributed by atoms with Crippen molar-refractivity contribution >= 4 is 17.5 Å². The van der Waals surface area contributed by atoms with Gasteiger partial charge in [0.25, 0.3) is 0 Å². The van der Waals surface area contributed by atoms with Crippen molar-refractivity contribution in [2.75, 3.05) is 0 Å². The van der Waals surface area contributed by atoms with Gasteiger partial charge in [-0.15, -0.1) is 0 Å². The molecule has 1 atom stereocenters. The number of carbonyl (C=O) groups is 3. The van der Waals surface area contributed by atoms with Crippen molar-refractivity contribution in [2.24, 2.45) is 0 Å². The second-order valence-corrected chi connectivity index (χ2v) is 5.95. The first-order valence-electron chi connectivity index (χ1n) is 7.89. The molecule has 0 spiro atoms. The molecule has 0 saturated heterocycles. The van der Waals surface area contributed by atoms with E-state index in [2.05, 4.69) is 4.98 Å². The largest absolute Gasteiger partial charge is 0.454 e. The molecule has 2 aromatic rings. The highest BCUT2D eigenvalue weighted by atomic mass is 19.1. The second-order valence-electron chi connectivity index (χ2n) is 5.95. The number of ether oxygens (including phenoxy) is 1. The fourth-order valence-electron chi connectivity index (χ4n) is 2.82. The van der Waals surface area contributed by atoms with Gasteiger partial charge in [0.15, 0.2) is 11.9 Å². The minimum atomic E-state index is -1.05. The molecule has 0 aliphatic heterocycles. The Bertz CT molecular complexity index is 838. The number of aromatic amines is 1. The normalized spacial score (nSPS) is 11.9. The molecule has 1 heterocycles. The predicted molar refractivity (Wildman–Crippen MR) is 90.3 cm³/mol. The third-order valence-electron chi connectivity index (χ3n) is 4.01. The van der Waals surface area contributed by atoms with E-state index in [0.717, 1.165) is 0 Å². The summed E-state index contributed by atoms with van der Waals surface area (Å²) in [5.41, 5.74) is 2.05. The van der Waals surface area contributed by atoms with Gasteiger partial charge in [-0.3, -0.25) is 14.4 Å². The van der Waals surface area contributed by atoms with Crippen LogP contribution >= 0.6 is 0 Å². The van der Waals surface area contributed by atoms with E-state index in [-0.39, 0.29) is 23.5 Å². The summed E-state index contributed by atoms with van der Waals surface area (Å²) in [5, 5.41) is 0. The van der Waals surface area contributed by atoms with Gasteiger partial charge in [-0.05, 0) is 44.9 Å². The number of H-pyrrole nitrogens is 1. The number of ketones is 2. The lowest BCUT2D eigenvalue weighted by Gasteiger charge is -2.12. The van der Waals surface area contributed by atoms with Crippen LogP contribution in [0.15, 0.2) is 24.3 Å². The van der Waals surface area contributed by atoms with E-state index < -0.39 is 23.7 Å². The van der Waals surface area contributed by atoms with E-state index in [0.29, 0.717) is 16.8 Å². The highest BCUT2D eigenvalue weighted by Crippen LogP contribution is 2.20. The van der Waals surface area contributed by atoms with Crippen molar-refractivity contribution in [3.63, 3.8) is 0 Å². The van der Waals surface area contributed by atoms with Crippen LogP contribution in [0.5, 0.6) is 0 Å². The van der Waals surface area contributed by atoms with Crippen LogP contribution < -0.4 is 0 Å². The SMILES string of the molecule is CC(=O)c1c(C)[nH]c(C(=O)[C@H](C)OC(=O)Cc2ccccc2F)c1C. The van der Waals surface area contributed by atoms with Gasteiger partial charge in [0.2, 0.25) is 5.78 Å². The fraction of sp³-hybridized carbons (Fsp3) is 0.316. The smallest absolute Gasteiger partial charge is 0.311 e. The molecule has 0 aliphatic rings. The number of nitrogens with one attached hydrogen (secondary N) is 1. The Morgan fingerprint density at radius 1 is 1.20 bits per heavy atom. The molecule has 5 nitrogen and oxygen atoms in total. The molecule has 0 fully saturated rings. The summed E-state index contributed by atoms with van der Waals surface area (Å²) < 4.78 is 18.7. The Labute approximate surface area is 145 Å². The predicted octanol–water partition coefficient (Wildman–Crippen LogP) is 3.33. The molecule has 0 aliphatic carbocycles. The van der Waals surface area contributed by atoms with Gasteiger partial charge in [-0.25, -0.2) is 4.39 Å². The maximum Gasteiger partial charge on any atom is 0.311 e. The molecule has 0 amide bonds. The third-order valence-corrected chi connectivity index (χ3v) is 4.01. The Morgan fingerprint density at radius 3 is 2.40 bits per heavy atom. The molecule has 1 aromatic carbocycles. The lowest BCUT2D eigenvalue weighted by Crippen LogP contribution is -2.26. The molecule has 1 aromatic heterocycles. The average molecular weight is 345 g/mol. The maximum atomic E-state index is 13.6. The highest BCUT2D eigenvalue weighted by molar-refractivity contribution is 6.05. The van der Waals surface area contributed by atoms with Crippen LogP contribution in [0.3, 0.4) is 0 Å². The minimum Gasteiger partial charge on any atom is -0.454 e. The Kier molecular flexibility index (Phi) is 5.51. The standard InChI is InChI=1S/C19H20FNO4/c1-10-17(12(3)22)11(2)21-18(10)19(24)13(4)25-16(23)9-14-7-5-6-8-15(14)20/h5-8,13,21H,9H2,1-4H3/t13-/m0/s1. The van der Waals surface area contributed by atoms with Gasteiger partial charge in [0.1, 0.15) is 5.82 Å². The summed E-state index contributed by atoms with van der Waals surface area (Å²) in [6.07, 6.45) is -1.30. The molecular formula is C19H20FNO4. The van der Waals surface area contributed by atoms with Gasteiger partial charge < -0.3 is 9.72 Å². The van der Waals surface area contributed by atoms with Crippen molar-refractivity contribution < 1.29 is 23.5 Å². The zero-order valence-corrected chi connectivity index (χ0v) is 14.6. The summed E-state index contributed by atoms with van der Waals surface area (Å²) >= 11 is 0. The quantitative estimate of drug-likeness (QED) is 0.643. The van der Waals surface area contributed by atoms with Crippen LogP contribution in [0.1, 0.15) is 51.5 Å². The van der Waals surface area contributed by atoms with Gasteiger partial charge >= 0.3 is 5.97 Å². The Balaban J connectivity index is 2.10. The Morgan fingerprint density at radius 2 is 1.84 bits per heavy atom. The molecule has 6 heteroatoms. The zero-order chi connectivity index (χ0) is 18.7. The van der Waals surface area contributed by atoms with Gasteiger partial charge in [0.05, 0.1) is 12.1 Å². The number of halogens is 1. The molecular weight excluding hydrogens is 325 g/mol. The first-order chi connectivity index (χ1) is 11.7. The van der Waals surface area contributed by atoms with E-state index >= 15 is 0 Å². The Hall–Kier alpha value is -2.76.